The van der Waals surface area contributed by atoms with E-state index in [0.29, 0.717) is 17.6 Å². The Morgan fingerprint density at radius 1 is 1.55 bits per heavy atom. The van der Waals surface area contributed by atoms with Crippen LogP contribution in [0.25, 0.3) is 0 Å². The van der Waals surface area contributed by atoms with Crippen molar-refractivity contribution in [1.29, 1.82) is 0 Å². The maximum absolute atomic E-state index is 5.95. The van der Waals surface area contributed by atoms with Crippen molar-refractivity contribution in [1.82, 2.24) is 10.3 Å². The standard InChI is InChI=1S/C15H24N2OS2/c1-15(2)12(11-5-3-8-18-13(11)15)16-6-4-9-19-14-17-7-10-20-14/h7,10-13,16H,3-6,8-9H2,1-2H3. The van der Waals surface area contributed by atoms with E-state index < -0.39 is 0 Å². The van der Waals surface area contributed by atoms with E-state index in [-0.39, 0.29) is 0 Å². The average molecular weight is 313 g/mol. The van der Waals surface area contributed by atoms with Crippen LogP contribution in [0.1, 0.15) is 33.1 Å². The molecule has 112 valence electrons. The molecule has 3 nitrogen and oxygen atoms in total. The lowest BCUT2D eigenvalue weighted by Crippen LogP contribution is -2.69. The van der Waals surface area contributed by atoms with Gasteiger partial charge in [0.25, 0.3) is 0 Å². The Balaban J connectivity index is 1.38. The number of thiazole rings is 1. The number of ether oxygens (including phenoxy) is 1. The second-order valence-electron chi connectivity index (χ2n) is 6.35. The summed E-state index contributed by atoms with van der Waals surface area (Å²) in [6.07, 6.45) is 6.13. The van der Waals surface area contributed by atoms with Crippen molar-refractivity contribution >= 4 is 23.1 Å². The molecule has 1 saturated heterocycles. The van der Waals surface area contributed by atoms with Gasteiger partial charge in [0.1, 0.15) is 4.34 Å². The number of aromatic nitrogens is 1. The summed E-state index contributed by atoms with van der Waals surface area (Å²) in [6, 6.07) is 0.637. The zero-order chi connectivity index (χ0) is 14.0. The highest BCUT2D eigenvalue weighted by molar-refractivity contribution is 8.00. The van der Waals surface area contributed by atoms with Crippen LogP contribution in [0, 0.1) is 11.3 Å². The lowest BCUT2D eigenvalue weighted by Gasteiger charge is -2.60. The maximum atomic E-state index is 5.95. The third-order valence-electron chi connectivity index (χ3n) is 4.65. The van der Waals surface area contributed by atoms with E-state index in [1.165, 1.54) is 23.6 Å². The van der Waals surface area contributed by atoms with Gasteiger partial charge >= 0.3 is 0 Å². The van der Waals surface area contributed by atoms with E-state index in [9.17, 15) is 0 Å². The van der Waals surface area contributed by atoms with Gasteiger partial charge in [-0.05, 0) is 25.8 Å². The molecular weight excluding hydrogens is 288 g/mol. The molecule has 3 rings (SSSR count). The highest BCUT2D eigenvalue weighted by Gasteiger charge is 2.57. The third-order valence-corrected chi connectivity index (χ3v) is 6.70. The predicted molar refractivity (Wildman–Crippen MR) is 85.5 cm³/mol. The summed E-state index contributed by atoms with van der Waals surface area (Å²) < 4.78 is 7.14. The average Bonchev–Trinajstić information content (AvgIpc) is 2.95. The molecule has 0 aromatic carbocycles. The van der Waals surface area contributed by atoms with Crippen LogP contribution in [-0.4, -0.2) is 36.0 Å². The van der Waals surface area contributed by atoms with Gasteiger partial charge < -0.3 is 10.1 Å². The van der Waals surface area contributed by atoms with Crippen molar-refractivity contribution < 1.29 is 4.74 Å². The lowest BCUT2D eigenvalue weighted by molar-refractivity contribution is -0.192. The zero-order valence-corrected chi connectivity index (χ0v) is 13.9. The Morgan fingerprint density at radius 2 is 2.45 bits per heavy atom. The topological polar surface area (TPSA) is 34.2 Å². The summed E-state index contributed by atoms with van der Waals surface area (Å²) >= 11 is 3.60. The van der Waals surface area contributed by atoms with Gasteiger partial charge in [-0.15, -0.1) is 11.3 Å². The molecule has 2 heterocycles. The summed E-state index contributed by atoms with van der Waals surface area (Å²) in [6.45, 7) is 6.76. The van der Waals surface area contributed by atoms with Crippen LogP contribution in [-0.2, 0) is 4.74 Å². The van der Waals surface area contributed by atoms with E-state index in [4.69, 9.17) is 4.74 Å². The molecule has 1 aromatic rings. The van der Waals surface area contributed by atoms with Gasteiger partial charge in [-0.25, -0.2) is 4.98 Å². The third kappa shape index (κ3) is 2.91. The molecule has 1 aliphatic carbocycles. The van der Waals surface area contributed by atoms with Crippen LogP contribution in [0.2, 0.25) is 0 Å². The van der Waals surface area contributed by atoms with Crippen LogP contribution in [0.15, 0.2) is 15.9 Å². The van der Waals surface area contributed by atoms with Crippen molar-refractivity contribution in [2.75, 3.05) is 18.9 Å². The summed E-state index contributed by atoms with van der Waals surface area (Å²) in [5, 5.41) is 5.82. The normalized spacial score (nSPS) is 31.6. The first-order valence-electron chi connectivity index (χ1n) is 7.57. The molecule has 0 bridgehead atoms. The van der Waals surface area contributed by atoms with Crippen LogP contribution in [0.4, 0.5) is 0 Å². The molecule has 0 spiro atoms. The van der Waals surface area contributed by atoms with Crippen molar-refractivity contribution in [3.8, 4) is 0 Å². The number of hydrogen-bond donors (Lipinski definition) is 1. The minimum absolute atomic E-state index is 0.299. The molecule has 1 N–H and O–H groups in total. The molecule has 1 aliphatic heterocycles. The first-order chi connectivity index (χ1) is 9.69. The van der Waals surface area contributed by atoms with Crippen molar-refractivity contribution in [3.05, 3.63) is 11.6 Å². The fourth-order valence-electron chi connectivity index (χ4n) is 3.71. The van der Waals surface area contributed by atoms with Gasteiger partial charge in [0, 0.05) is 41.3 Å². The molecule has 3 atom stereocenters. The Hall–Kier alpha value is -0.100. The number of thioether (sulfide) groups is 1. The van der Waals surface area contributed by atoms with Gasteiger partial charge in [-0.3, -0.25) is 0 Å². The maximum Gasteiger partial charge on any atom is 0.149 e. The van der Waals surface area contributed by atoms with Crippen LogP contribution < -0.4 is 5.32 Å². The molecule has 3 unspecified atom stereocenters. The number of hydrogen-bond acceptors (Lipinski definition) is 5. The monoisotopic (exact) mass is 312 g/mol. The quantitative estimate of drug-likeness (QED) is 0.645. The first kappa shape index (κ1) is 14.8. The van der Waals surface area contributed by atoms with Gasteiger partial charge in [-0.2, -0.15) is 0 Å². The zero-order valence-electron chi connectivity index (χ0n) is 12.3. The molecule has 5 heteroatoms. The molecule has 1 saturated carbocycles. The Bertz CT molecular complexity index is 422. The van der Waals surface area contributed by atoms with Crippen LogP contribution in [0.3, 0.4) is 0 Å². The summed E-state index contributed by atoms with van der Waals surface area (Å²) in [4.78, 5) is 4.30. The molecule has 2 aliphatic rings. The first-order valence-corrected chi connectivity index (χ1v) is 9.43. The molecular formula is C15H24N2OS2. The summed E-state index contributed by atoms with van der Waals surface area (Å²) in [5.41, 5.74) is 0.299. The highest BCUT2D eigenvalue weighted by atomic mass is 32.2. The van der Waals surface area contributed by atoms with E-state index >= 15 is 0 Å². The summed E-state index contributed by atoms with van der Waals surface area (Å²) in [5.74, 6) is 1.89. The van der Waals surface area contributed by atoms with Crippen molar-refractivity contribution in [2.45, 2.75) is 49.6 Å². The minimum Gasteiger partial charge on any atom is -0.377 e. The van der Waals surface area contributed by atoms with E-state index in [0.717, 1.165) is 24.8 Å². The highest BCUT2D eigenvalue weighted by Crippen LogP contribution is 2.51. The number of rotatable bonds is 6. The van der Waals surface area contributed by atoms with Crippen LogP contribution >= 0.6 is 23.1 Å². The summed E-state index contributed by atoms with van der Waals surface area (Å²) in [7, 11) is 0. The molecule has 0 amide bonds. The number of fused-ring (bicyclic) bond motifs is 1. The fraction of sp³-hybridized carbons (Fsp3) is 0.800. The van der Waals surface area contributed by atoms with Gasteiger partial charge in [-0.1, -0.05) is 25.6 Å². The number of nitrogens with one attached hydrogen (secondary N) is 1. The molecule has 20 heavy (non-hydrogen) atoms. The van der Waals surface area contributed by atoms with Crippen molar-refractivity contribution in [2.24, 2.45) is 11.3 Å². The second kappa shape index (κ2) is 6.34. The fourth-order valence-corrected chi connectivity index (χ4v) is 5.36. The molecule has 0 radical (unpaired) electrons. The Kier molecular flexibility index (Phi) is 4.70. The largest absolute Gasteiger partial charge is 0.377 e. The lowest BCUT2D eigenvalue weighted by atomic mass is 9.55. The van der Waals surface area contributed by atoms with E-state index in [2.05, 4.69) is 24.1 Å². The Labute approximate surface area is 129 Å². The van der Waals surface area contributed by atoms with Crippen LogP contribution in [0.5, 0.6) is 0 Å². The van der Waals surface area contributed by atoms with Gasteiger partial charge in [0.2, 0.25) is 0 Å². The Morgan fingerprint density at radius 3 is 3.25 bits per heavy atom. The minimum atomic E-state index is 0.299. The van der Waals surface area contributed by atoms with Gasteiger partial charge in [0.05, 0.1) is 6.10 Å². The smallest absolute Gasteiger partial charge is 0.149 e. The second-order valence-corrected chi connectivity index (χ2v) is 8.59. The predicted octanol–water partition coefficient (Wildman–Crippen LogP) is 3.42. The molecule has 2 fully saturated rings. The molecule has 1 aromatic heterocycles. The van der Waals surface area contributed by atoms with E-state index in [1.807, 2.05) is 23.3 Å². The van der Waals surface area contributed by atoms with Gasteiger partial charge in [0.15, 0.2) is 0 Å². The van der Waals surface area contributed by atoms with E-state index in [1.54, 1.807) is 11.3 Å². The SMILES string of the molecule is CC1(C)C(NCCCSc2nccs2)C2CCCOC21. The van der Waals surface area contributed by atoms with Crippen molar-refractivity contribution in [3.63, 3.8) is 0 Å². The number of nitrogens with zero attached hydrogens (tertiary/aromatic N) is 1.